The highest BCUT2D eigenvalue weighted by atomic mass is 16.5. The summed E-state index contributed by atoms with van der Waals surface area (Å²) in [6, 6.07) is 6.51. The van der Waals surface area contributed by atoms with Crippen LogP contribution in [0.15, 0.2) is 24.3 Å². The Labute approximate surface area is 146 Å². The molecule has 0 saturated heterocycles. The van der Waals surface area contributed by atoms with Crippen molar-refractivity contribution in [2.24, 2.45) is 7.05 Å². The van der Waals surface area contributed by atoms with Gasteiger partial charge < -0.3 is 15.2 Å². The molecule has 0 aliphatic heterocycles. The van der Waals surface area contributed by atoms with Crippen molar-refractivity contribution in [3.63, 3.8) is 0 Å². The molecule has 0 aliphatic rings. The van der Waals surface area contributed by atoms with Crippen molar-refractivity contribution < 1.29 is 19.4 Å². The quantitative estimate of drug-likeness (QED) is 0.802. The van der Waals surface area contributed by atoms with Crippen molar-refractivity contribution in [1.29, 1.82) is 0 Å². The summed E-state index contributed by atoms with van der Waals surface area (Å²) in [6.45, 7) is 4.46. The fourth-order valence-corrected chi connectivity index (χ4v) is 2.47. The summed E-state index contributed by atoms with van der Waals surface area (Å²) in [4.78, 5) is 23.3. The van der Waals surface area contributed by atoms with Crippen LogP contribution in [0.1, 0.15) is 51.9 Å². The van der Waals surface area contributed by atoms with Crippen LogP contribution in [-0.2, 0) is 13.5 Å². The summed E-state index contributed by atoms with van der Waals surface area (Å²) in [5, 5.41) is 16.2. The van der Waals surface area contributed by atoms with E-state index in [9.17, 15) is 9.59 Å². The third-order valence-electron chi connectivity index (χ3n) is 3.94. The topological polar surface area (TPSA) is 93.4 Å². The number of nitrogens with one attached hydrogen (secondary N) is 1. The largest absolute Gasteiger partial charge is 0.496 e. The zero-order valence-electron chi connectivity index (χ0n) is 14.9. The first-order chi connectivity index (χ1) is 11.8. The van der Waals surface area contributed by atoms with Crippen molar-refractivity contribution in [3.05, 3.63) is 46.8 Å². The molecule has 2 aromatic rings. The predicted octanol–water partition coefficient (Wildman–Crippen LogP) is 2.22. The number of hydrogen-bond donors (Lipinski definition) is 2. The summed E-state index contributed by atoms with van der Waals surface area (Å²) >= 11 is 0. The lowest BCUT2D eigenvalue weighted by Gasteiger charge is -2.10. The van der Waals surface area contributed by atoms with Crippen LogP contribution >= 0.6 is 0 Å². The second-order valence-corrected chi connectivity index (χ2v) is 6.07. The predicted molar refractivity (Wildman–Crippen MR) is 93.3 cm³/mol. The first kappa shape index (κ1) is 18.5. The molecule has 0 unspecified atom stereocenters. The van der Waals surface area contributed by atoms with Gasteiger partial charge in [0.1, 0.15) is 11.4 Å². The summed E-state index contributed by atoms with van der Waals surface area (Å²) in [7, 11) is 3.24. The zero-order chi connectivity index (χ0) is 18.6. The summed E-state index contributed by atoms with van der Waals surface area (Å²) < 4.78 is 6.81. The molecular formula is C18H23N3O4. The molecular weight excluding hydrogens is 322 g/mol. The number of hydrogen-bond acceptors (Lipinski definition) is 4. The minimum Gasteiger partial charge on any atom is -0.496 e. The lowest BCUT2D eigenvalue weighted by Crippen LogP contribution is -2.27. The molecule has 1 aromatic carbocycles. The fourth-order valence-electron chi connectivity index (χ4n) is 2.47. The molecule has 1 aromatic heterocycles. The van der Waals surface area contributed by atoms with E-state index in [1.54, 1.807) is 23.9 Å². The lowest BCUT2D eigenvalue weighted by atomic mass is 10.1. The molecule has 7 nitrogen and oxygen atoms in total. The Morgan fingerprint density at radius 1 is 1.32 bits per heavy atom. The van der Waals surface area contributed by atoms with Crippen molar-refractivity contribution in [2.45, 2.75) is 26.2 Å². The van der Waals surface area contributed by atoms with Crippen molar-refractivity contribution >= 4 is 11.9 Å². The Kier molecular flexibility index (Phi) is 5.80. The van der Waals surface area contributed by atoms with E-state index in [1.807, 2.05) is 13.8 Å². The number of carboxylic acids is 1. The highest BCUT2D eigenvalue weighted by Crippen LogP contribution is 2.20. The number of ether oxygens (including phenoxy) is 1. The number of benzene rings is 1. The number of carboxylic acid groups (broad SMARTS) is 1. The van der Waals surface area contributed by atoms with E-state index in [4.69, 9.17) is 9.84 Å². The van der Waals surface area contributed by atoms with Gasteiger partial charge in [-0.2, -0.15) is 5.10 Å². The Hall–Kier alpha value is -2.83. The lowest BCUT2D eigenvalue weighted by molar-refractivity contribution is 0.0696. The summed E-state index contributed by atoms with van der Waals surface area (Å²) in [5.74, 6) is -0.445. The third kappa shape index (κ3) is 4.37. The highest BCUT2D eigenvalue weighted by molar-refractivity contribution is 5.92. The maximum Gasteiger partial charge on any atom is 0.335 e. The van der Waals surface area contributed by atoms with Crippen LogP contribution < -0.4 is 10.1 Å². The molecule has 2 N–H and O–H groups in total. The van der Waals surface area contributed by atoms with Gasteiger partial charge in [0, 0.05) is 13.6 Å². The van der Waals surface area contributed by atoms with Gasteiger partial charge in [-0.15, -0.1) is 0 Å². The van der Waals surface area contributed by atoms with Crippen LogP contribution in [0.25, 0.3) is 0 Å². The first-order valence-corrected chi connectivity index (χ1v) is 8.05. The second kappa shape index (κ2) is 7.83. The maximum atomic E-state index is 12.3. The number of carbonyl (C=O) groups excluding carboxylic acids is 1. The molecule has 0 spiro atoms. The van der Waals surface area contributed by atoms with E-state index < -0.39 is 5.97 Å². The average molecular weight is 345 g/mol. The smallest absolute Gasteiger partial charge is 0.335 e. The number of nitrogens with zero attached hydrogens (tertiary/aromatic N) is 2. The van der Waals surface area contributed by atoms with Gasteiger partial charge in [0.15, 0.2) is 0 Å². The number of carbonyl (C=O) groups is 2. The van der Waals surface area contributed by atoms with E-state index in [-0.39, 0.29) is 17.4 Å². The maximum absolute atomic E-state index is 12.3. The van der Waals surface area contributed by atoms with Crippen molar-refractivity contribution in [2.75, 3.05) is 13.7 Å². The molecule has 0 radical (unpaired) electrons. The Morgan fingerprint density at radius 3 is 2.60 bits per heavy atom. The Balaban J connectivity index is 2.01. The molecule has 0 bridgehead atoms. The van der Waals surface area contributed by atoms with E-state index in [1.165, 1.54) is 19.2 Å². The van der Waals surface area contributed by atoms with Gasteiger partial charge in [0.2, 0.25) is 0 Å². The fraction of sp³-hybridized carbons (Fsp3) is 0.389. The molecule has 7 heteroatoms. The number of methoxy groups -OCH3 is 1. The van der Waals surface area contributed by atoms with Gasteiger partial charge in [-0.1, -0.05) is 19.9 Å². The van der Waals surface area contributed by atoms with E-state index in [0.29, 0.717) is 24.4 Å². The van der Waals surface area contributed by atoms with E-state index in [2.05, 4.69) is 10.4 Å². The van der Waals surface area contributed by atoms with Crippen LogP contribution in [0, 0.1) is 0 Å². The van der Waals surface area contributed by atoms with Gasteiger partial charge in [-0.3, -0.25) is 9.48 Å². The van der Waals surface area contributed by atoms with Gasteiger partial charge in [-0.25, -0.2) is 4.79 Å². The van der Waals surface area contributed by atoms with Gasteiger partial charge in [0.05, 0.1) is 18.4 Å². The Bertz CT molecular complexity index is 781. The third-order valence-corrected chi connectivity index (χ3v) is 3.94. The van der Waals surface area contributed by atoms with Gasteiger partial charge in [0.25, 0.3) is 5.91 Å². The highest BCUT2D eigenvalue weighted by Gasteiger charge is 2.15. The molecule has 1 heterocycles. The number of amides is 1. The standard InChI is InChI=1S/C18H23N3O4/c1-11(2)14-10-15(21(3)20-14)17(22)19-8-7-12-5-6-13(18(23)24)9-16(12)25-4/h5-6,9-11H,7-8H2,1-4H3,(H,19,22)(H,23,24). The summed E-state index contributed by atoms with van der Waals surface area (Å²) in [5.41, 5.74) is 2.39. The number of aromatic carboxylic acids is 1. The molecule has 0 aliphatic carbocycles. The zero-order valence-corrected chi connectivity index (χ0v) is 14.9. The molecule has 0 atom stereocenters. The van der Waals surface area contributed by atoms with Crippen LogP contribution in [0.4, 0.5) is 0 Å². The molecule has 0 fully saturated rings. The van der Waals surface area contributed by atoms with Crippen molar-refractivity contribution in [3.8, 4) is 5.75 Å². The van der Waals surface area contributed by atoms with E-state index >= 15 is 0 Å². The first-order valence-electron chi connectivity index (χ1n) is 8.05. The van der Waals surface area contributed by atoms with Gasteiger partial charge >= 0.3 is 5.97 Å². The minimum absolute atomic E-state index is 0.167. The monoisotopic (exact) mass is 345 g/mol. The molecule has 25 heavy (non-hydrogen) atoms. The van der Waals surface area contributed by atoms with Crippen LogP contribution in [0.5, 0.6) is 5.75 Å². The number of aromatic nitrogens is 2. The second-order valence-electron chi connectivity index (χ2n) is 6.07. The SMILES string of the molecule is COc1cc(C(=O)O)ccc1CCNC(=O)c1cc(C(C)C)nn1C. The van der Waals surface area contributed by atoms with Crippen molar-refractivity contribution in [1.82, 2.24) is 15.1 Å². The normalized spacial score (nSPS) is 10.8. The van der Waals surface area contributed by atoms with Crippen LogP contribution in [0.3, 0.4) is 0 Å². The average Bonchev–Trinajstić information content (AvgIpc) is 2.97. The minimum atomic E-state index is -1.00. The number of aryl methyl sites for hydroxylation is 1. The number of rotatable bonds is 7. The Morgan fingerprint density at radius 2 is 2.04 bits per heavy atom. The molecule has 2 rings (SSSR count). The van der Waals surface area contributed by atoms with Crippen LogP contribution in [0.2, 0.25) is 0 Å². The van der Waals surface area contributed by atoms with Gasteiger partial charge in [-0.05, 0) is 36.1 Å². The molecule has 0 saturated carbocycles. The van der Waals surface area contributed by atoms with E-state index in [0.717, 1.165) is 11.3 Å². The summed E-state index contributed by atoms with van der Waals surface area (Å²) in [6.07, 6.45) is 0.531. The van der Waals surface area contributed by atoms with Crippen LogP contribution in [-0.4, -0.2) is 40.4 Å². The molecule has 1 amide bonds. The molecule has 134 valence electrons.